The molecule has 0 saturated carbocycles. The summed E-state index contributed by atoms with van der Waals surface area (Å²) in [5.74, 6) is 0.122. The molecule has 3 aromatic rings. The van der Waals surface area contributed by atoms with Crippen LogP contribution in [0, 0.1) is 0 Å². The molecule has 2 heterocycles. The highest BCUT2D eigenvalue weighted by Crippen LogP contribution is 2.15. The van der Waals surface area contributed by atoms with Crippen molar-refractivity contribution in [3.05, 3.63) is 76.1 Å². The summed E-state index contributed by atoms with van der Waals surface area (Å²) in [5.41, 5.74) is 2.67. The lowest BCUT2D eigenvalue weighted by Gasteiger charge is -2.16. The largest absolute Gasteiger partial charge is 0.352 e. The maximum absolute atomic E-state index is 12.3. The van der Waals surface area contributed by atoms with Crippen LogP contribution in [0.25, 0.3) is 10.9 Å². The van der Waals surface area contributed by atoms with Crippen LogP contribution >= 0.6 is 0 Å². The Morgan fingerprint density at radius 1 is 1.07 bits per heavy atom. The van der Waals surface area contributed by atoms with Gasteiger partial charge in [-0.25, -0.2) is 0 Å². The number of hydrogen-bond acceptors (Lipinski definition) is 4. The van der Waals surface area contributed by atoms with E-state index in [0.717, 1.165) is 29.6 Å². The van der Waals surface area contributed by atoms with Gasteiger partial charge in [-0.15, -0.1) is 0 Å². The van der Waals surface area contributed by atoms with Crippen molar-refractivity contribution in [2.24, 2.45) is 0 Å². The van der Waals surface area contributed by atoms with Crippen LogP contribution in [0.5, 0.6) is 0 Å². The molecule has 0 spiro atoms. The number of carbonyl (C=O) groups excluding carboxylic acids is 2. The third kappa shape index (κ3) is 4.56. The fraction of sp³-hybridized carbons (Fsp3) is 0.304. The summed E-state index contributed by atoms with van der Waals surface area (Å²) in [5, 5.41) is 7.69. The molecule has 7 nitrogen and oxygen atoms in total. The fourth-order valence-electron chi connectivity index (χ4n) is 3.77. The quantitative estimate of drug-likeness (QED) is 0.655. The monoisotopic (exact) mass is 404 g/mol. The van der Waals surface area contributed by atoms with Crippen LogP contribution in [0.15, 0.2) is 59.5 Å². The minimum absolute atomic E-state index is 0.0836. The van der Waals surface area contributed by atoms with Crippen molar-refractivity contribution in [1.82, 2.24) is 20.0 Å². The van der Waals surface area contributed by atoms with Gasteiger partial charge in [-0.1, -0.05) is 36.4 Å². The first-order chi connectivity index (χ1) is 14.6. The van der Waals surface area contributed by atoms with Gasteiger partial charge in [0.15, 0.2) is 0 Å². The number of nitrogens with one attached hydrogen (secondary N) is 1. The topological polar surface area (TPSA) is 84.3 Å². The van der Waals surface area contributed by atoms with Crippen molar-refractivity contribution in [3.63, 3.8) is 0 Å². The van der Waals surface area contributed by atoms with Gasteiger partial charge in [-0.2, -0.15) is 5.10 Å². The molecule has 0 atom stereocenters. The number of amides is 2. The fourth-order valence-corrected chi connectivity index (χ4v) is 3.77. The van der Waals surface area contributed by atoms with Crippen LogP contribution in [0.1, 0.15) is 30.4 Å². The maximum Gasteiger partial charge on any atom is 0.222 e. The summed E-state index contributed by atoms with van der Waals surface area (Å²) in [6.45, 7) is 2.25. The summed E-state index contributed by atoms with van der Waals surface area (Å²) in [4.78, 5) is 37.9. The molecule has 0 aliphatic carbocycles. The van der Waals surface area contributed by atoms with E-state index in [2.05, 4.69) is 10.4 Å². The van der Waals surface area contributed by atoms with Gasteiger partial charge in [0.25, 0.3) is 0 Å². The Hall–Kier alpha value is -3.48. The summed E-state index contributed by atoms with van der Waals surface area (Å²) in [6, 6.07) is 15.2. The molecule has 2 amide bonds. The normalized spacial score (nSPS) is 13.7. The molecule has 0 radical (unpaired) electrons. The van der Waals surface area contributed by atoms with E-state index in [0.29, 0.717) is 31.4 Å². The van der Waals surface area contributed by atoms with Gasteiger partial charge in [0, 0.05) is 37.9 Å². The number of hydrogen-bond donors (Lipinski definition) is 1. The molecule has 7 heteroatoms. The van der Waals surface area contributed by atoms with Crippen molar-refractivity contribution < 1.29 is 9.59 Å². The standard InChI is InChI=1S/C23H24N4O3/c28-21-15-25-27(20-8-2-1-7-19(20)21)12-10-22(29)24-14-17-5-3-6-18(13-17)16-26-11-4-9-23(26)30/h1-3,5-8,13,15H,4,9-12,14,16H2,(H,24,29). The molecule has 1 aliphatic heterocycles. The Kier molecular flexibility index (Phi) is 5.88. The third-order valence-corrected chi connectivity index (χ3v) is 5.34. The summed E-state index contributed by atoms with van der Waals surface area (Å²) >= 11 is 0. The van der Waals surface area contributed by atoms with Crippen molar-refractivity contribution in [2.75, 3.05) is 6.54 Å². The maximum atomic E-state index is 12.3. The molecular weight excluding hydrogens is 380 g/mol. The van der Waals surface area contributed by atoms with E-state index in [1.807, 2.05) is 47.4 Å². The van der Waals surface area contributed by atoms with E-state index in [1.54, 1.807) is 10.7 Å². The zero-order valence-electron chi connectivity index (χ0n) is 16.7. The second-order valence-corrected chi connectivity index (χ2v) is 7.51. The highest BCUT2D eigenvalue weighted by atomic mass is 16.2. The van der Waals surface area contributed by atoms with Crippen LogP contribution in [0.4, 0.5) is 0 Å². The Bertz CT molecular complexity index is 1140. The average Bonchev–Trinajstić information content (AvgIpc) is 3.16. The average molecular weight is 404 g/mol. The minimum atomic E-state index is -0.123. The lowest BCUT2D eigenvalue weighted by molar-refractivity contribution is -0.128. The van der Waals surface area contributed by atoms with Crippen molar-refractivity contribution in [1.29, 1.82) is 0 Å². The molecule has 154 valence electrons. The first-order valence-corrected chi connectivity index (χ1v) is 10.2. The van der Waals surface area contributed by atoms with Gasteiger partial charge in [-0.3, -0.25) is 19.1 Å². The van der Waals surface area contributed by atoms with Gasteiger partial charge in [0.2, 0.25) is 17.2 Å². The molecule has 1 aromatic heterocycles. The smallest absolute Gasteiger partial charge is 0.222 e. The molecular formula is C23H24N4O3. The van der Waals surface area contributed by atoms with E-state index >= 15 is 0 Å². The highest BCUT2D eigenvalue weighted by molar-refractivity contribution is 5.79. The van der Waals surface area contributed by atoms with Gasteiger partial charge in [0.1, 0.15) is 0 Å². The first-order valence-electron chi connectivity index (χ1n) is 10.2. The van der Waals surface area contributed by atoms with E-state index in [1.165, 1.54) is 6.20 Å². The zero-order valence-corrected chi connectivity index (χ0v) is 16.7. The number of aryl methyl sites for hydroxylation is 1. The summed E-state index contributed by atoms with van der Waals surface area (Å²) in [6.07, 6.45) is 3.11. The molecule has 1 fully saturated rings. The molecule has 4 rings (SSSR count). The first kappa shape index (κ1) is 19.8. The minimum Gasteiger partial charge on any atom is -0.352 e. The SMILES string of the molecule is O=C(CCn1ncc(=O)c2ccccc21)NCc1cccc(CN2CCCC2=O)c1. The van der Waals surface area contributed by atoms with E-state index in [-0.39, 0.29) is 23.7 Å². The highest BCUT2D eigenvalue weighted by Gasteiger charge is 2.19. The Morgan fingerprint density at radius 3 is 2.73 bits per heavy atom. The Balaban J connectivity index is 1.32. The molecule has 1 aliphatic rings. The number of fused-ring (bicyclic) bond motifs is 1. The number of rotatable bonds is 7. The number of para-hydroxylation sites is 1. The van der Waals surface area contributed by atoms with Crippen LogP contribution in [0.3, 0.4) is 0 Å². The Labute approximate surface area is 174 Å². The number of benzene rings is 2. The number of likely N-dealkylation sites (tertiary alicyclic amines) is 1. The molecule has 30 heavy (non-hydrogen) atoms. The van der Waals surface area contributed by atoms with Crippen LogP contribution < -0.4 is 10.7 Å². The second kappa shape index (κ2) is 8.90. The van der Waals surface area contributed by atoms with Gasteiger partial charge >= 0.3 is 0 Å². The van der Waals surface area contributed by atoms with Crippen LogP contribution in [0.2, 0.25) is 0 Å². The van der Waals surface area contributed by atoms with Gasteiger partial charge in [-0.05, 0) is 29.7 Å². The van der Waals surface area contributed by atoms with Crippen molar-refractivity contribution in [3.8, 4) is 0 Å². The molecule has 1 saturated heterocycles. The zero-order chi connectivity index (χ0) is 20.9. The van der Waals surface area contributed by atoms with E-state index in [4.69, 9.17) is 0 Å². The van der Waals surface area contributed by atoms with Crippen LogP contribution in [-0.4, -0.2) is 33.0 Å². The molecule has 0 unspecified atom stereocenters. The van der Waals surface area contributed by atoms with E-state index in [9.17, 15) is 14.4 Å². The lowest BCUT2D eigenvalue weighted by atomic mass is 10.1. The summed E-state index contributed by atoms with van der Waals surface area (Å²) < 4.78 is 1.68. The van der Waals surface area contributed by atoms with Gasteiger partial charge in [0.05, 0.1) is 18.3 Å². The van der Waals surface area contributed by atoms with Gasteiger partial charge < -0.3 is 10.2 Å². The molecule has 0 bridgehead atoms. The van der Waals surface area contributed by atoms with Crippen molar-refractivity contribution >= 4 is 22.7 Å². The summed E-state index contributed by atoms with van der Waals surface area (Å²) in [7, 11) is 0. The molecule has 2 aromatic carbocycles. The van der Waals surface area contributed by atoms with Crippen molar-refractivity contribution in [2.45, 2.75) is 38.9 Å². The third-order valence-electron chi connectivity index (χ3n) is 5.34. The van der Waals surface area contributed by atoms with Crippen LogP contribution in [-0.2, 0) is 29.2 Å². The Morgan fingerprint density at radius 2 is 1.90 bits per heavy atom. The van der Waals surface area contributed by atoms with E-state index < -0.39 is 0 Å². The number of aromatic nitrogens is 2. The molecule has 1 N–H and O–H groups in total. The predicted octanol–water partition coefficient (Wildman–Crippen LogP) is 2.23. The number of carbonyl (C=O) groups is 2. The lowest BCUT2D eigenvalue weighted by Crippen LogP contribution is -2.25. The number of nitrogens with zero attached hydrogens (tertiary/aromatic N) is 3. The second-order valence-electron chi connectivity index (χ2n) is 7.51. The predicted molar refractivity (Wildman–Crippen MR) is 114 cm³/mol.